The molecule has 2 aromatic rings. The Morgan fingerprint density at radius 2 is 1.81 bits per heavy atom. The Balaban J connectivity index is 1.90. The number of ether oxygens (including phenoxy) is 2. The molecule has 198 valence electrons. The molecular weight excluding hydrogens is 530 g/mol. The molecule has 0 radical (unpaired) electrons. The van der Waals surface area contributed by atoms with Gasteiger partial charge in [-0.15, -0.1) is 11.3 Å². The number of thiophene rings is 1. The zero-order valence-corrected chi connectivity index (χ0v) is 19.2. The second kappa shape index (κ2) is 12.1. The maximum Gasteiger partial charge on any atom is 0.491 e. The van der Waals surface area contributed by atoms with Crippen molar-refractivity contribution >= 4 is 47.0 Å². The third-order valence-electron chi connectivity index (χ3n) is 4.35. The lowest BCUT2D eigenvalue weighted by atomic mass is 10.2. The lowest BCUT2D eigenvalue weighted by molar-refractivity contribution is -0.202. The Kier molecular flexibility index (Phi) is 9.42. The Morgan fingerprint density at radius 1 is 1.14 bits per heavy atom. The van der Waals surface area contributed by atoms with Crippen molar-refractivity contribution in [3.63, 3.8) is 0 Å². The average Bonchev–Trinajstić information content (AvgIpc) is 3.27. The number of amides is 1. The topological polar surface area (TPSA) is 186 Å². The smallest absolute Gasteiger partial charge is 0.480 e. The largest absolute Gasteiger partial charge is 0.491 e. The number of carbonyl (C=O) groups excluding carboxylic acids is 4. The predicted octanol–water partition coefficient (Wildman–Crippen LogP) is 1.91. The molecule has 0 saturated carbocycles. The highest BCUT2D eigenvalue weighted by Crippen LogP contribution is 2.23. The van der Waals surface area contributed by atoms with Crippen molar-refractivity contribution in [1.29, 1.82) is 5.41 Å². The molecule has 0 bridgehead atoms. The molecule has 1 aromatic carbocycles. The zero-order valence-electron chi connectivity index (χ0n) is 18.4. The SMILES string of the molecule is N=C(N)c1ccc(OC(=O)c2ccc(CCC(=O)N[C@@H](CC(=O)OC(=O)C(F)(F)F)C(=O)O)s2)c(F)c1. The second-order valence-electron chi connectivity index (χ2n) is 7.14. The maximum atomic E-state index is 14.0. The number of rotatable bonds is 10. The Hall–Kier alpha value is -4.34. The van der Waals surface area contributed by atoms with Crippen molar-refractivity contribution in [3.8, 4) is 5.75 Å². The number of carbonyl (C=O) groups is 5. The van der Waals surface area contributed by atoms with Crippen LogP contribution >= 0.6 is 11.3 Å². The van der Waals surface area contributed by atoms with Gasteiger partial charge in [0.2, 0.25) is 5.91 Å². The first-order valence-electron chi connectivity index (χ1n) is 9.96. The van der Waals surface area contributed by atoms with E-state index >= 15 is 0 Å². The van der Waals surface area contributed by atoms with Gasteiger partial charge in [-0.25, -0.2) is 18.8 Å². The summed E-state index contributed by atoms with van der Waals surface area (Å²) in [7, 11) is 0. The number of nitrogens with one attached hydrogen (secondary N) is 2. The molecule has 0 spiro atoms. The van der Waals surface area contributed by atoms with Crippen molar-refractivity contribution < 1.29 is 56.1 Å². The molecule has 0 aliphatic heterocycles. The number of esters is 3. The number of amidine groups is 1. The summed E-state index contributed by atoms with van der Waals surface area (Å²) < 4.78 is 58.9. The minimum absolute atomic E-state index is 0.00516. The van der Waals surface area contributed by atoms with Crippen LogP contribution in [0.4, 0.5) is 17.6 Å². The molecule has 2 rings (SSSR count). The van der Waals surface area contributed by atoms with E-state index in [9.17, 15) is 41.5 Å². The van der Waals surface area contributed by atoms with E-state index in [1.54, 1.807) is 0 Å². The molecule has 1 amide bonds. The number of hydrogen-bond donors (Lipinski definition) is 4. The van der Waals surface area contributed by atoms with Gasteiger partial charge in [0, 0.05) is 16.9 Å². The molecule has 11 nitrogen and oxygen atoms in total. The summed E-state index contributed by atoms with van der Waals surface area (Å²) >= 11 is 0.896. The molecule has 1 heterocycles. The second-order valence-corrected chi connectivity index (χ2v) is 8.30. The summed E-state index contributed by atoms with van der Waals surface area (Å²) in [5.74, 6) is -9.89. The van der Waals surface area contributed by atoms with E-state index in [-0.39, 0.29) is 29.1 Å². The molecule has 0 saturated heterocycles. The van der Waals surface area contributed by atoms with Gasteiger partial charge in [-0.2, -0.15) is 13.2 Å². The monoisotopic (exact) mass is 547 g/mol. The summed E-state index contributed by atoms with van der Waals surface area (Å²) in [5, 5.41) is 18.3. The van der Waals surface area contributed by atoms with Crippen LogP contribution in [0.25, 0.3) is 0 Å². The van der Waals surface area contributed by atoms with Crippen molar-refractivity contribution in [2.24, 2.45) is 5.73 Å². The first kappa shape index (κ1) is 28.9. The Labute approximate surface area is 208 Å². The Morgan fingerprint density at radius 3 is 2.38 bits per heavy atom. The predicted molar refractivity (Wildman–Crippen MR) is 116 cm³/mol. The van der Waals surface area contributed by atoms with E-state index in [0.717, 1.165) is 23.5 Å². The molecule has 0 aliphatic carbocycles. The van der Waals surface area contributed by atoms with Crippen LogP contribution in [0, 0.1) is 11.2 Å². The first-order valence-corrected chi connectivity index (χ1v) is 10.8. The fourth-order valence-electron chi connectivity index (χ4n) is 2.60. The van der Waals surface area contributed by atoms with Crippen LogP contribution in [-0.4, -0.2) is 52.9 Å². The number of hydrogen-bond acceptors (Lipinski definition) is 9. The van der Waals surface area contributed by atoms with Crippen molar-refractivity contribution in [2.75, 3.05) is 0 Å². The molecule has 37 heavy (non-hydrogen) atoms. The van der Waals surface area contributed by atoms with Gasteiger partial charge in [-0.3, -0.25) is 15.0 Å². The number of aliphatic carboxylic acids is 1. The highest BCUT2D eigenvalue weighted by atomic mass is 32.1. The summed E-state index contributed by atoms with van der Waals surface area (Å²) in [6.07, 6.45) is -7.04. The van der Waals surface area contributed by atoms with Gasteiger partial charge in [0.25, 0.3) is 0 Å². The molecular formula is C21H17F4N3O8S. The highest BCUT2D eigenvalue weighted by Gasteiger charge is 2.43. The van der Waals surface area contributed by atoms with Gasteiger partial charge in [0.15, 0.2) is 11.6 Å². The lowest BCUT2D eigenvalue weighted by Crippen LogP contribution is -2.43. The number of nitrogens with two attached hydrogens (primary N) is 1. The molecule has 1 atom stereocenters. The molecule has 0 unspecified atom stereocenters. The molecule has 1 aromatic heterocycles. The number of alkyl halides is 3. The first-order chi connectivity index (χ1) is 17.2. The van der Waals surface area contributed by atoms with Gasteiger partial charge in [-0.1, -0.05) is 0 Å². The molecule has 0 aliphatic rings. The third kappa shape index (κ3) is 8.68. The van der Waals surface area contributed by atoms with E-state index < -0.39 is 60.0 Å². The zero-order chi connectivity index (χ0) is 27.9. The van der Waals surface area contributed by atoms with Crippen LogP contribution in [0.5, 0.6) is 5.75 Å². The summed E-state index contributed by atoms with van der Waals surface area (Å²) in [6, 6.07) is 4.16. The number of nitrogen functional groups attached to an aromatic ring is 1. The normalized spacial score (nSPS) is 11.8. The summed E-state index contributed by atoms with van der Waals surface area (Å²) in [4.78, 5) is 58.1. The number of halogens is 4. The quantitative estimate of drug-likeness (QED) is 0.0861. The van der Waals surface area contributed by atoms with Gasteiger partial charge in [-0.05, 0) is 36.8 Å². The van der Waals surface area contributed by atoms with Crippen LogP contribution in [0.3, 0.4) is 0 Å². The van der Waals surface area contributed by atoms with Crippen LogP contribution in [0.15, 0.2) is 30.3 Å². The summed E-state index contributed by atoms with van der Waals surface area (Å²) in [5.41, 5.74) is 5.34. The maximum absolute atomic E-state index is 14.0. The number of benzene rings is 1. The van der Waals surface area contributed by atoms with Crippen LogP contribution < -0.4 is 15.8 Å². The van der Waals surface area contributed by atoms with E-state index in [0.29, 0.717) is 4.88 Å². The third-order valence-corrected chi connectivity index (χ3v) is 5.47. The average molecular weight is 547 g/mol. The number of aryl methyl sites for hydroxylation is 1. The standard InChI is InChI=1S/C21H17F4N3O8S/c22-11-7-9(17(26)27)1-4-13(11)35-19(33)14-5-2-10(37-14)3-6-15(29)28-12(18(31)32)8-16(30)36-20(34)21(23,24)25/h1-2,4-5,7,12H,3,6,8H2,(H3,26,27)(H,28,29)(H,31,32)/t12-/m0/s1. The molecule has 16 heteroatoms. The lowest BCUT2D eigenvalue weighted by Gasteiger charge is -2.13. The molecule has 5 N–H and O–H groups in total. The van der Waals surface area contributed by atoms with E-state index in [1.807, 2.05) is 5.32 Å². The van der Waals surface area contributed by atoms with Gasteiger partial charge in [0.05, 0.1) is 6.42 Å². The van der Waals surface area contributed by atoms with Crippen LogP contribution in [-0.2, 0) is 30.3 Å². The van der Waals surface area contributed by atoms with E-state index in [2.05, 4.69) is 4.74 Å². The minimum Gasteiger partial charge on any atom is -0.480 e. The highest BCUT2D eigenvalue weighted by molar-refractivity contribution is 7.13. The van der Waals surface area contributed by atoms with Gasteiger partial charge in [0.1, 0.15) is 16.8 Å². The fourth-order valence-corrected chi connectivity index (χ4v) is 3.48. The van der Waals surface area contributed by atoms with Crippen molar-refractivity contribution in [1.82, 2.24) is 5.32 Å². The van der Waals surface area contributed by atoms with Crippen molar-refractivity contribution in [3.05, 3.63) is 51.5 Å². The van der Waals surface area contributed by atoms with Crippen LogP contribution in [0.1, 0.15) is 33.0 Å². The van der Waals surface area contributed by atoms with E-state index in [4.69, 9.17) is 21.0 Å². The van der Waals surface area contributed by atoms with Crippen LogP contribution in [0.2, 0.25) is 0 Å². The molecule has 0 fully saturated rings. The number of carboxylic acids is 1. The van der Waals surface area contributed by atoms with Gasteiger partial charge < -0.3 is 25.6 Å². The van der Waals surface area contributed by atoms with Crippen molar-refractivity contribution in [2.45, 2.75) is 31.5 Å². The Bertz CT molecular complexity index is 1240. The van der Waals surface area contributed by atoms with Gasteiger partial charge >= 0.3 is 30.1 Å². The fraction of sp³-hybridized carbons (Fsp3) is 0.238. The number of carboxylic acid groups (broad SMARTS) is 1. The van der Waals surface area contributed by atoms with E-state index in [1.165, 1.54) is 18.2 Å². The minimum atomic E-state index is -5.46. The summed E-state index contributed by atoms with van der Waals surface area (Å²) in [6.45, 7) is 0.